The highest BCUT2D eigenvalue weighted by Crippen LogP contribution is 2.33. The summed E-state index contributed by atoms with van der Waals surface area (Å²) in [4.78, 5) is 63.6. The van der Waals surface area contributed by atoms with Crippen LogP contribution in [0, 0.1) is 20.2 Å². The van der Waals surface area contributed by atoms with Crippen LogP contribution in [-0.2, 0) is 23.9 Å². The fourth-order valence-electron chi connectivity index (χ4n) is 5.16. The lowest BCUT2D eigenvalue weighted by molar-refractivity contribution is -0.386. The highest BCUT2D eigenvalue weighted by Gasteiger charge is 2.22. The average molecular weight is 792 g/mol. The lowest BCUT2D eigenvalue weighted by atomic mass is 10.3. The first-order chi connectivity index (χ1) is 26.7. The SMILES string of the molecule is O=C(COc1ccccc1[N+](=O)[O-])Nc1ccccc1SCC(CSc1ccccc1NC(=O)COc1ccccc1[N+](=O)[O-])OC(=O)CN1CCOCC1. The maximum Gasteiger partial charge on any atom is 0.320 e. The summed E-state index contributed by atoms with van der Waals surface area (Å²) in [6.45, 7) is 1.42. The van der Waals surface area contributed by atoms with E-state index < -0.39 is 46.9 Å². The van der Waals surface area contributed by atoms with E-state index >= 15 is 0 Å². The van der Waals surface area contributed by atoms with Gasteiger partial charge in [-0.2, -0.15) is 0 Å². The molecule has 4 aromatic rings. The van der Waals surface area contributed by atoms with Crippen molar-refractivity contribution in [1.29, 1.82) is 0 Å². The van der Waals surface area contributed by atoms with E-state index in [9.17, 15) is 34.6 Å². The number of carbonyl (C=O) groups is 3. The van der Waals surface area contributed by atoms with E-state index in [0.29, 0.717) is 59.0 Å². The molecule has 1 fully saturated rings. The van der Waals surface area contributed by atoms with Gasteiger partial charge in [0.25, 0.3) is 11.8 Å². The number of morpholine rings is 1. The van der Waals surface area contributed by atoms with Crippen molar-refractivity contribution in [3.63, 3.8) is 0 Å². The molecule has 0 radical (unpaired) electrons. The summed E-state index contributed by atoms with van der Waals surface area (Å²) >= 11 is 2.72. The van der Waals surface area contributed by atoms with Gasteiger partial charge in [0, 0.05) is 46.5 Å². The number of nitro benzene ring substituents is 2. The lowest BCUT2D eigenvalue weighted by Gasteiger charge is -2.26. The molecule has 0 aromatic heterocycles. The van der Waals surface area contributed by atoms with Crippen LogP contribution in [0.15, 0.2) is 107 Å². The molecule has 0 bridgehead atoms. The van der Waals surface area contributed by atoms with Crippen LogP contribution in [0.5, 0.6) is 11.5 Å². The molecular weight excluding hydrogens is 755 g/mol. The van der Waals surface area contributed by atoms with Crippen LogP contribution in [0.4, 0.5) is 22.7 Å². The Morgan fingerprint density at radius 3 is 1.60 bits per heavy atom. The van der Waals surface area contributed by atoms with Crippen molar-refractivity contribution in [2.45, 2.75) is 15.9 Å². The number of nitrogens with zero attached hydrogens (tertiary/aromatic N) is 3. The third kappa shape index (κ3) is 12.7. The lowest BCUT2D eigenvalue weighted by Crippen LogP contribution is -2.41. The summed E-state index contributed by atoms with van der Waals surface area (Å²) in [6.07, 6.45) is -0.611. The van der Waals surface area contributed by atoms with Gasteiger partial charge in [-0.15, -0.1) is 23.5 Å². The van der Waals surface area contributed by atoms with Gasteiger partial charge in [0.05, 0.1) is 41.0 Å². The number of nitrogens with one attached hydrogen (secondary N) is 2. The van der Waals surface area contributed by atoms with Crippen LogP contribution >= 0.6 is 23.5 Å². The van der Waals surface area contributed by atoms with Crippen molar-refractivity contribution in [1.82, 2.24) is 4.90 Å². The maximum atomic E-state index is 13.1. The Kier molecular flexibility index (Phi) is 15.2. The molecule has 16 nitrogen and oxygen atoms in total. The smallest absolute Gasteiger partial charge is 0.320 e. The number of hydrogen-bond donors (Lipinski definition) is 2. The van der Waals surface area contributed by atoms with E-state index in [1.54, 1.807) is 60.7 Å². The third-order valence-corrected chi connectivity index (χ3v) is 10.2. The summed E-state index contributed by atoms with van der Waals surface area (Å²) in [7, 11) is 0. The first-order valence-corrected chi connectivity index (χ1v) is 18.9. The average Bonchev–Trinajstić information content (AvgIpc) is 3.18. The van der Waals surface area contributed by atoms with E-state index in [4.69, 9.17) is 18.9 Å². The Morgan fingerprint density at radius 2 is 1.13 bits per heavy atom. The van der Waals surface area contributed by atoms with Gasteiger partial charge >= 0.3 is 17.3 Å². The van der Waals surface area contributed by atoms with Crippen LogP contribution in [0.3, 0.4) is 0 Å². The largest absolute Gasteiger partial charge is 0.477 e. The van der Waals surface area contributed by atoms with Gasteiger partial charge < -0.3 is 29.6 Å². The molecule has 2 N–H and O–H groups in total. The Balaban J connectivity index is 1.22. The Morgan fingerprint density at radius 1 is 0.691 bits per heavy atom. The summed E-state index contributed by atoms with van der Waals surface area (Å²) in [6, 6.07) is 25.7. The van der Waals surface area contributed by atoms with E-state index in [-0.39, 0.29) is 29.4 Å². The quantitative estimate of drug-likeness (QED) is 0.0509. The molecule has 2 amide bonds. The number of amides is 2. The molecule has 4 aromatic carbocycles. The maximum absolute atomic E-state index is 13.1. The number of para-hydroxylation sites is 6. The molecule has 55 heavy (non-hydrogen) atoms. The molecule has 0 unspecified atom stereocenters. The van der Waals surface area contributed by atoms with Crippen molar-refractivity contribution < 1.29 is 43.2 Å². The number of anilines is 2. The molecule has 1 aliphatic rings. The van der Waals surface area contributed by atoms with E-state index in [1.807, 2.05) is 4.90 Å². The fourth-order valence-corrected chi connectivity index (χ4v) is 7.31. The van der Waals surface area contributed by atoms with E-state index in [2.05, 4.69) is 10.6 Å². The number of benzene rings is 4. The second-order valence-corrected chi connectivity index (χ2v) is 13.9. The number of carbonyl (C=O) groups excluding carboxylic acids is 3. The van der Waals surface area contributed by atoms with Crippen molar-refractivity contribution in [2.75, 3.05) is 68.2 Å². The van der Waals surface area contributed by atoms with Crippen LogP contribution < -0.4 is 20.1 Å². The number of esters is 1. The van der Waals surface area contributed by atoms with Crippen LogP contribution in [0.2, 0.25) is 0 Å². The van der Waals surface area contributed by atoms with E-state index in [1.165, 1.54) is 59.9 Å². The molecule has 288 valence electrons. The Labute approximate surface area is 324 Å². The van der Waals surface area contributed by atoms with Gasteiger partial charge in [-0.25, -0.2) is 0 Å². The number of rotatable bonds is 19. The number of nitro groups is 2. The highest BCUT2D eigenvalue weighted by molar-refractivity contribution is 8.00. The zero-order valence-corrected chi connectivity index (χ0v) is 31.0. The molecular formula is C37H37N5O11S2. The summed E-state index contributed by atoms with van der Waals surface area (Å²) in [5.41, 5.74) is 0.444. The number of hydrogen-bond acceptors (Lipinski definition) is 14. The first-order valence-electron chi connectivity index (χ1n) is 16.9. The summed E-state index contributed by atoms with van der Waals surface area (Å²) in [5, 5.41) is 28.2. The van der Waals surface area contributed by atoms with Gasteiger partial charge in [0.1, 0.15) is 6.10 Å². The minimum absolute atomic E-state index is 0.0301. The van der Waals surface area contributed by atoms with Crippen molar-refractivity contribution in [3.8, 4) is 11.5 Å². The third-order valence-electron chi connectivity index (χ3n) is 7.77. The van der Waals surface area contributed by atoms with Gasteiger partial charge in [0.15, 0.2) is 24.7 Å². The fraction of sp³-hybridized carbons (Fsp3) is 0.270. The Bertz CT molecular complexity index is 1860. The molecule has 18 heteroatoms. The molecule has 0 spiro atoms. The molecule has 5 rings (SSSR count). The zero-order chi connectivity index (χ0) is 39.0. The standard InChI is InChI=1S/C37H37N5O11S2/c43-35(22-51-31-13-5-3-11-29(31)41(46)47)38-27-9-1-7-15-33(27)54-24-26(53-37(45)21-40-17-19-50-20-18-40)25-55-34-16-8-2-10-28(34)39-36(44)23-52-32-14-6-4-12-30(32)42(48)49/h1-16,26H,17-25H2,(H,38,43)(H,39,44). The molecule has 0 atom stereocenters. The van der Waals surface area contributed by atoms with Crippen LogP contribution in [0.25, 0.3) is 0 Å². The minimum Gasteiger partial charge on any atom is -0.477 e. The molecule has 0 saturated carbocycles. The van der Waals surface area contributed by atoms with Crippen LogP contribution in [0.1, 0.15) is 0 Å². The van der Waals surface area contributed by atoms with Gasteiger partial charge in [-0.3, -0.25) is 39.5 Å². The highest BCUT2D eigenvalue weighted by atomic mass is 32.2. The van der Waals surface area contributed by atoms with Gasteiger partial charge in [0.2, 0.25) is 0 Å². The van der Waals surface area contributed by atoms with Crippen molar-refractivity contribution in [3.05, 3.63) is 117 Å². The molecule has 1 aliphatic heterocycles. The molecule has 1 saturated heterocycles. The van der Waals surface area contributed by atoms with Crippen molar-refractivity contribution >= 4 is 64.1 Å². The topological polar surface area (TPSA) is 202 Å². The predicted octanol–water partition coefficient (Wildman–Crippen LogP) is 5.67. The van der Waals surface area contributed by atoms with Gasteiger partial charge in [-0.1, -0.05) is 48.5 Å². The van der Waals surface area contributed by atoms with Crippen molar-refractivity contribution in [2.24, 2.45) is 0 Å². The minimum atomic E-state index is -0.611. The van der Waals surface area contributed by atoms with Crippen LogP contribution in [-0.4, -0.2) is 96.2 Å². The normalized spacial score (nSPS) is 12.7. The predicted molar refractivity (Wildman–Crippen MR) is 206 cm³/mol. The summed E-state index contributed by atoms with van der Waals surface area (Å²) in [5.74, 6) is -0.910. The van der Waals surface area contributed by atoms with Gasteiger partial charge in [-0.05, 0) is 36.4 Å². The number of thioether (sulfide) groups is 2. The first kappa shape index (κ1) is 40.5. The molecule has 1 heterocycles. The zero-order valence-electron chi connectivity index (χ0n) is 29.3. The molecule has 0 aliphatic carbocycles. The summed E-state index contributed by atoms with van der Waals surface area (Å²) < 4.78 is 22.3. The monoisotopic (exact) mass is 791 g/mol. The Hall–Kier alpha value is -5.69. The second-order valence-electron chi connectivity index (χ2n) is 11.7. The number of ether oxygens (including phenoxy) is 4. The second kappa shape index (κ2) is 20.7. The van der Waals surface area contributed by atoms with E-state index in [0.717, 1.165) is 0 Å².